The summed E-state index contributed by atoms with van der Waals surface area (Å²) in [4.78, 5) is 22.6. The maximum atomic E-state index is 11.9. The highest BCUT2D eigenvalue weighted by molar-refractivity contribution is 5.82. The van der Waals surface area contributed by atoms with Crippen LogP contribution in [0, 0.1) is 5.92 Å². The summed E-state index contributed by atoms with van der Waals surface area (Å²) in [5, 5.41) is 14.8. The predicted octanol–water partition coefficient (Wildman–Crippen LogP) is 0.744. The van der Waals surface area contributed by atoms with Gasteiger partial charge in [-0.1, -0.05) is 20.3 Å². The van der Waals surface area contributed by atoms with Gasteiger partial charge in [-0.3, -0.25) is 9.59 Å². The average molecular weight is 242 g/mol. The Balaban J connectivity index is 2.47. The van der Waals surface area contributed by atoms with Gasteiger partial charge < -0.3 is 15.7 Å². The van der Waals surface area contributed by atoms with Gasteiger partial charge in [-0.15, -0.1) is 0 Å². The van der Waals surface area contributed by atoms with E-state index in [9.17, 15) is 9.59 Å². The zero-order valence-electron chi connectivity index (χ0n) is 10.5. The molecular formula is C12H22N2O3. The minimum Gasteiger partial charge on any atom is -0.481 e. The van der Waals surface area contributed by atoms with Crippen molar-refractivity contribution in [3.05, 3.63) is 0 Å². The van der Waals surface area contributed by atoms with Gasteiger partial charge in [0.1, 0.15) is 0 Å². The van der Waals surface area contributed by atoms with E-state index in [0.29, 0.717) is 0 Å². The van der Waals surface area contributed by atoms with E-state index in [-0.39, 0.29) is 30.3 Å². The minimum absolute atomic E-state index is 0.0177. The molecule has 0 bridgehead atoms. The van der Waals surface area contributed by atoms with Crippen LogP contribution in [-0.2, 0) is 9.59 Å². The lowest BCUT2D eigenvalue weighted by atomic mass is 9.99. The van der Waals surface area contributed by atoms with E-state index in [0.717, 1.165) is 25.8 Å². The molecule has 1 saturated heterocycles. The Bertz CT molecular complexity index is 273. The van der Waals surface area contributed by atoms with Crippen molar-refractivity contribution in [1.29, 1.82) is 0 Å². The standard InChI is InChI=1S/C12H22N2O3/c1-8(2)10(7-11(15)16)14-12(17)9-5-3-4-6-13-9/h8-10,13H,3-7H2,1-2H3,(H,14,17)(H,15,16). The Morgan fingerprint density at radius 3 is 2.59 bits per heavy atom. The molecule has 5 nitrogen and oxygen atoms in total. The topological polar surface area (TPSA) is 78.4 Å². The summed E-state index contributed by atoms with van der Waals surface area (Å²) < 4.78 is 0. The summed E-state index contributed by atoms with van der Waals surface area (Å²) >= 11 is 0. The fourth-order valence-corrected chi connectivity index (χ4v) is 2.00. The molecule has 1 rings (SSSR count). The quantitative estimate of drug-likeness (QED) is 0.664. The molecule has 0 aromatic carbocycles. The third-order valence-corrected chi connectivity index (χ3v) is 3.15. The van der Waals surface area contributed by atoms with Crippen molar-refractivity contribution in [3.63, 3.8) is 0 Å². The zero-order chi connectivity index (χ0) is 12.8. The van der Waals surface area contributed by atoms with Crippen LogP contribution in [-0.4, -0.2) is 35.6 Å². The van der Waals surface area contributed by atoms with Crippen molar-refractivity contribution in [2.24, 2.45) is 5.92 Å². The van der Waals surface area contributed by atoms with Crippen LogP contribution in [0.15, 0.2) is 0 Å². The van der Waals surface area contributed by atoms with Gasteiger partial charge in [0.15, 0.2) is 0 Å². The van der Waals surface area contributed by atoms with Gasteiger partial charge in [-0.2, -0.15) is 0 Å². The maximum absolute atomic E-state index is 11.9. The molecule has 1 aliphatic heterocycles. The fourth-order valence-electron chi connectivity index (χ4n) is 2.00. The van der Waals surface area contributed by atoms with Gasteiger partial charge in [-0.25, -0.2) is 0 Å². The molecule has 2 unspecified atom stereocenters. The molecule has 3 N–H and O–H groups in total. The fraction of sp³-hybridized carbons (Fsp3) is 0.833. The normalized spacial score (nSPS) is 22.2. The molecule has 1 aliphatic rings. The first-order chi connectivity index (χ1) is 8.00. The molecule has 0 saturated carbocycles. The first kappa shape index (κ1) is 14.0. The van der Waals surface area contributed by atoms with Crippen LogP contribution in [0.5, 0.6) is 0 Å². The maximum Gasteiger partial charge on any atom is 0.305 e. The second kappa shape index (κ2) is 6.59. The molecule has 0 aliphatic carbocycles. The number of piperidine rings is 1. The Kier molecular flexibility index (Phi) is 5.41. The number of carbonyl (C=O) groups excluding carboxylic acids is 1. The molecule has 1 fully saturated rings. The molecule has 2 atom stereocenters. The highest BCUT2D eigenvalue weighted by Gasteiger charge is 2.25. The first-order valence-corrected chi connectivity index (χ1v) is 6.26. The lowest BCUT2D eigenvalue weighted by Gasteiger charge is -2.27. The summed E-state index contributed by atoms with van der Waals surface area (Å²) in [5.74, 6) is -0.816. The van der Waals surface area contributed by atoms with E-state index in [1.54, 1.807) is 0 Å². The van der Waals surface area contributed by atoms with Gasteiger partial charge in [0, 0.05) is 6.04 Å². The van der Waals surface area contributed by atoms with Crippen LogP contribution in [0.2, 0.25) is 0 Å². The lowest BCUT2D eigenvalue weighted by molar-refractivity contribution is -0.138. The zero-order valence-corrected chi connectivity index (χ0v) is 10.5. The highest BCUT2D eigenvalue weighted by Crippen LogP contribution is 2.10. The average Bonchev–Trinajstić information content (AvgIpc) is 2.28. The van der Waals surface area contributed by atoms with Crippen molar-refractivity contribution >= 4 is 11.9 Å². The van der Waals surface area contributed by atoms with Gasteiger partial charge in [0.25, 0.3) is 0 Å². The number of carboxylic acids is 1. The van der Waals surface area contributed by atoms with Crippen LogP contribution in [0.1, 0.15) is 39.5 Å². The third-order valence-electron chi connectivity index (χ3n) is 3.15. The van der Waals surface area contributed by atoms with Crippen molar-refractivity contribution in [1.82, 2.24) is 10.6 Å². The highest BCUT2D eigenvalue weighted by atomic mass is 16.4. The Hall–Kier alpha value is -1.10. The summed E-state index contributed by atoms with van der Waals surface area (Å²) in [6.07, 6.45) is 2.97. The number of amides is 1. The van der Waals surface area contributed by atoms with Crippen LogP contribution < -0.4 is 10.6 Å². The molecule has 1 amide bonds. The van der Waals surface area contributed by atoms with E-state index >= 15 is 0 Å². The van der Waals surface area contributed by atoms with Crippen molar-refractivity contribution in [2.45, 2.75) is 51.6 Å². The van der Waals surface area contributed by atoms with Gasteiger partial charge in [-0.05, 0) is 25.3 Å². The number of carboxylic acid groups (broad SMARTS) is 1. The predicted molar refractivity (Wildman–Crippen MR) is 64.7 cm³/mol. The van der Waals surface area contributed by atoms with Crippen LogP contribution in [0.4, 0.5) is 0 Å². The number of carbonyl (C=O) groups is 2. The molecule has 1 heterocycles. The Morgan fingerprint density at radius 2 is 2.12 bits per heavy atom. The Morgan fingerprint density at radius 1 is 1.41 bits per heavy atom. The summed E-state index contributed by atoms with van der Waals surface area (Å²) in [7, 11) is 0. The van der Waals surface area contributed by atoms with Gasteiger partial charge >= 0.3 is 5.97 Å². The Labute approximate surface area is 102 Å². The largest absolute Gasteiger partial charge is 0.481 e. The summed E-state index contributed by atoms with van der Waals surface area (Å²) in [5.41, 5.74) is 0. The van der Waals surface area contributed by atoms with E-state index in [1.165, 1.54) is 0 Å². The molecule has 0 aromatic heterocycles. The molecular weight excluding hydrogens is 220 g/mol. The first-order valence-electron chi connectivity index (χ1n) is 6.26. The number of nitrogens with one attached hydrogen (secondary N) is 2. The van der Waals surface area contributed by atoms with E-state index in [2.05, 4.69) is 10.6 Å². The molecule has 98 valence electrons. The SMILES string of the molecule is CC(C)C(CC(=O)O)NC(=O)C1CCCCN1. The second-order valence-corrected chi connectivity index (χ2v) is 4.96. The number of hydrogen-bond acceptors (Lipinski definition) is 3. The van der Waals surface area contributed by atoms with Gasteiger partial charge in [0.05, 0.1) is 12.5 Å². The monoisotopic (exact) mass is 242 g/mol. The van der Waals surface area contributed by atoms with E-state index in [1.807, 2.05) is 13.8 Å². The molecule has 17 heavy (non-hydrogen) atoms. The van der Waals surface area contributed by atoms with Crippen molar-refractivity contribution in [2.75, 3.05) is 6.54 Å². The van der Waals surface area contributed by atoms with Crippen LogP contribution >= 0.6 is 0 Å². The summed E-state index contributed by atoms with van der Waals surface area (Å²) in [6, 6.07) is -0.442. The summed E-state index contributed by atoms with van der Waals surface area (Å²) in [6.45, 7) is 4.70. The third kappa shape index (κ3) is 4.73. The van der Waals surface area contributed by atoms with E-state index in [4.69, 9.17) is 5.11 Å². The van der Waals surface area contributed by atoms with Crippen molar-refractivity contribution < 1.29 is 14.7 Å². The van der Waals surface area contributed by atoms with Gasteiger partial charge in [0.2, 0.25) is 5.91 Å². The van der Waals surface area contributed by atoms with Crippen LogP contribution in [0.3, 0.4) is 0 Å². The molecule has 0 aromatic rings. The lowest BCUT2D eigenvalue weighted by Crippen LogP contribution is -2.51. The number of aliphatic carboxylic acids is 1. The van der Waals surface area contributed by atoms with E-state index < -0.39 is 5.97 Å². The second-order valence-electron chi connectivity index (χ2n) is 4.96. The number of hydrogen-bond donors (Lipinski definition) is 3. The molecule has 0 radical (unpaired) electrons. The number of rotatable bonds is 5. The minimum atomic E-state index is -0.874. The van der Waals surface area contributed by atoms with Crippen LogP contribution in [0.25, 0.3) is 0 Å². The van der Waals surface area contributed by atoms with Crippen molar-refractivity contribution in [3.8, 4) is 0 Å². The smallest absolute Gasteiger partial charge is 0.305 e. The molecule has 0 spiro atoms. The molecule has 5 heteroatoms.